The Balaban J connectivity index is 1.58. The molecule has 0 radical (unpaired) electrons. The third kappa shape index (κ3) is 2.74. The summed E-state index contributed by atoms with van der Waals surface area (Å²) in [7, 11) is 1.95. The van der Waals surface area contributed by atoms with Crippen LogP contribution >= 0.6 is 11.3 Å². The smallest absolute Gasteiger partial charge is 0.102 e. The van der Waals surface area contributed by atoms with Crippen molar-refractivity contribution in [1.82, 2.24) is 25.3 Å². The topological polar surface area (TPSA) is 58.5 Å². The largest absolute Gasteiger partial charge is 0.306 e. The summed E-state index contributed by atoms with van der Waals surface area (Å²) in [5, 5.41) is 17.0. The van der Waals surface area contributed by atoms with E-state index < -0.39 is 0 Å². The van der Waals surface area contributed by atoms with Crippen LogP contribution in [0.5, 0.6) is 0 Å². The number of H-pyrrole nitrogens is 1. The second-order valence-corrected chi connectivity index (χ2v) is 5.25. The summed E-state index contributed by atoms with van der Waals surface area (Å²) in [5.74, 6) is 0. The molecular formula is C13H15N5S. The molecule has 0 bridgehead atoms. The molecule has 98 valence electrons. The SMILES string of the molecule is Cn1nccc1CNCc1cc(-c2cccs2)n[nH]1. The molecule has 0 aliphatic carbocycles. The zero-order valence-corrected chi connectivity index (χ0v) is 11.4. The van der Waals surface area contributed by atoms with E-state index in [0.717, 1.165) is 30.2 Å². The molecule has 0 aromatic carbocycles. The minimum Gasteiger partial charge on any atom is -0.306 e. The quantitative estimate of drug-likeness (QED) is 0.749. The number of hydrogen-bond acceptors (Lipinski definition) is 4. The van der Waals surface area contributed by atoms with E-state index in [9.17, 15) is 0 Å². The second-order valence-electron chi connectivity index (χ2n) is 4.31. The second kappa shape index (κ2) is 5.38. The Morgan fingerprint density at radius 1 is 1.37 bits per heavy atom. The number of aromatic nitrogens is 4. The van der Waals surface area contributed by atoms with Crippen LogP contribution in [0.4, 0.5) is 0 Å². The Labute approximate surface area is 115 Å². The van der Waals surface area contributed by atoms with Crippen molar-refractivity contribution >= 4 is 11.3 Å². The van der Waals surface area contributed by atoms with Gasteiger partial charge in [0, 0.05) is 32.0 Å². The van der Waals surface area contributed by atoms with Crippen molar-refractivity contribution in [3.63, 3.8) is 0 Å². The first kappa shape index (κ1) is 12.1. The standard InChI is InChI=1S/C13H15N5S/c1-18-11(4-5-15-18)9-14-8-10-7-12(17-16-10)13-3-2-6-19-13/h2-7,14H,8-9H2,1H3,(H,16,17). The van der Waals surface area contributed by atoms with Crippen molar-refractivity contribution in [1.29, 1.82) is 0 Å². The van der Waals surface area contributed by atoms with Gasteiger partial charge in [-0.05, 0) is 23.6 Å². The summed E-state index contributed by atoms with van der Waals surface area (Å²) >= 11 is 1.70. The fourth-order valence-electron chi connectivity index (χ4n) is 1.90. The fraction of sp³-hybridized carbons (Fsp3) is 0.231. The molecule has 5 nitrogen and oxygen atoms in total. The summed E-state index contributed by atoms with van der Waals surface area (Å²) in [6.07, 6.45) is 1.81. The van der Waals surface area contributed by atoms with Crippen LogP contribution in [0.1, 0.15) is 11.4 Å². The summed E-state index contributed by atoms with van der Waals surface area (Å²) in [5.41, 5.74) is 3.26. The van der Waals surface area contributed by atoms with E-state index in [1.165, 1.54) is 4.88 Å². The van der Waals surface area contributed by atoms with E-state index in [2.05, 4.69) is 38.1 Å². The zero-order chi connectivity index (χ0) is 13.1. The van der Waals surface area contributed by atoms with Gasteiger partial charge in [-0.2, -0.15) is 10.2 Å². The lowest BCUT2D eigenvalue weighted by Crippen LogP contribution is -2.15. The third-order valence-corrected chi connectivity index (χ3v) is 3.84. The van der Waals surface area contributed by atoms with Crippen LogP contribution in [0.25, 0.3) is 10.6 Å². The highest BCUT2D eigenvalue weighted by Gasteiger charge is 2.04. The van der Waals surface area contributed by atoms with E-state index in [1.807, 2.05) is 30.1 Å². The molecule has 3 rings (SSSR count). The van der Waals surface area contributed by atoms with Gasteiger partial charge in [0.05, 0.1) is 10.6 Å². The predicted octanol–water partition coefficient (Wildman–Crippen LogP) is 2.16. The van der Waals surface area contributed by atoms with Crippen molar-refractivity contribution in [3.05, 3.63) is 47.2 Å². The first-order valence-corrected chi connectivity index (χ1v) is 6.96. The molecule has 19 heavy (non-hydrogen) atoms. The normalized spacial score (nSPS) is 11.0. The fourth-order valence-corrected chi connectivity index (χ4v) is 2.59. The molecule has 0 atom stereocenters. The van der Waals surface area contributed by atoms with Crippen LogP contribution < -0.4 is 5.32 Å². The lowest BCUT2D eigenvalue weighted by molar-refractivity contribution is 0.619. The van der Waals surface area contributed by atoms with Gasteiger partial charge >= 0.3 is 0 Å². The molecule has 0 aliphatic heterocycles. The minimum absolute atomic E-state index is 0.767. The molecule has 0 unspecified atom stereocenters. The van der Waals surface area contributed by atoms with Gasteiger partial charge in [0.15, 0.2) is 0 Å². The van der Waals surface area contributed by atoms with E-state index in [0.29, 0.717) is 0 Å². The highest BCUT2D eigenvalue weighted by Crippen LogP contribution is 2.22. The Morgan fingerprint density at radius 3 is 3.05 bits per heavy atom. The average molecular weight is 273 g/mol. The van der Waals surface area contributed by atoms with Gasteiger partial charge in [0.25, 0.3) is 0 Å². The van der Waals surface area contributed by atoms with E-state index in [-0.39, 0.29) is 0 Å². The maximum atomic E-state index is 4.32. The van der Waals surface area contributed by atoms with Crippen LogP contribution in [0.15, 0.2) is 35.8 Å². The molecule has 0 saturated heterocycles. The molecular weight excluding hydrogens is 258 g/mol. The first-order valence-electron chi connectivity index (χ1n) is 6.08. The van der Waals surface area contributed by atoms with Gasteiger partial charge in [-0.15, -0.1) is 11.3 Å². The number of rotatable bonds is 5. The van der Waals surface area contributed by atoms with Crippen LogP contribution in [0.3, 0.4) is 0 Å². The summed E-state index contributed by atoms with van der Waals surface area (Å²) in [4.78, 5) is 1.19. The van der Waals surface area contributed by atoms with Gasteiger partial charge in [0.2, 0.25) is 0 Å². The van der Waals surface area contributed by atoms with Crippen LogP contribution in [0, 0.1) is 0 Å². The molecule has 0 aliphatic rings. The Morgan fingerprint density at radius 2 is 2.32 bits per heavy atom. The van der Waals surface area contributed by atoms with Gasteiger partial charge in [0.1, 0.15) is 5.69 Å². The molecule has 0 fully saturated rings. The van der Waals surface area contributed by atoms with Gasteiger partial charge in [-0.1, -0.05) is 6.07 Å². The van der Waals surface area contributed by atoms with Crippen molar-refractivity contribution < 1.29 is 0 Å². The number of nitrogens with one attached hydrogen (secondary N) is 2. The van der Waals surface area contributed by atoms with Crippen molar-refractivity contribution in [2.24, 2.45) is 7.05 Å². The van der Waals surface area contributed by atoms with Crippen molar-refractivity contribution in [2.75, 3.05) is 0 Å². The van der Waals surface area contributed by atoms with E-state index in [1.54, 1.807) is 11.3 Å². The van der Waals surface area contributed by atoms with Crippen molar-refractivity contribution in [2.45, 2.75) is 13.1 Å². The van der Waals surface area contributed by atoms with E-state index in [4.69, 9.17) is 0 Å². The zero-order valence-electron chi connectivity index (χ0n) is 10.6. The predicted molar refractivity (Wildman–Crippen MR) is 75.7 cm³/mol. The number of aryl methyl sites for hydroxylation is 1. The number of nitrogens with zero attached hydrogens (tertiary/aromatic N) is 3. The van der Waals surface area contributed by atoms with Crippen LogP contribution in [0.2, 0.25) is 0 Å². The number of aromatic amines is 1. The lowest BCUT2D eigenvalue weighted by Gasteiger charge is -2.03. The van der Waals surface area contributed by atoms with Crippen LogP contribution in [-0.4, -0.2) is 20.0 Å². The molecule has 6 heteroatoms. The van der Waals surface area contributed by atoms with Gasteiger partial charge < -0.3 is 5.32 Å². The highest BCUT2D eigenvalue weighted by molar-refractivity contribution is 7.13. The molecule has 3 heterocycles. The summed E-state index contributed by atoms with van der Waals surface area (Å²) in [6.45, 7) is 1.56. The molecule has 0 amide bonds. The number of thiophene rings is 1. The van der Waals surface area contributed by atoms with Gasteiger partial charge in [-0.3, -0.25) is 9.78 Å². The third-order valence-electron chi connectivity index (χ3n) is 2.95. The average Bonchev–Trinajstić information content (AvgIpc) is 3.11. The first-order chi connectivity index (χ1) is 9.33. The minimum atomic E-state index is 0.767. The Kier molecular flexibility index (Phi) is 3.43. The monoisotopic (exact) mass is 273 g/mol. The highest BCUT2D eigenvalue weighted by atomic mass is 32.1. The maximum absolute atomic E-state index is 4.32. The van der Waals surface area contributed by atoms with Gasteiger partial charge in [-0.25, -0.2) is 0 Å². The Bertz CT molecular complexity index is 638. The Hall–Kier alpha value is -1.92. The molecule has 3 aromatic heterocycles. The molecule has 0 saturated carbocycles. The molecule has 3 aromatic rings. The lowest BCUT2D eigenvalue weighted by atomic mass is 10.3. The summed E-state index contributed by atoms with van der Waals surface area (Å²) < 4.78 is 1.87. The van der Waals surface area contributed by atoms with Crippen LogP contribution in [-0.2, 0) is 20.1 Å². The molecule has 0 spiro atoms. The number of hydrogen-bond donors (Lipinski definition) is 2. The summed E-state index contributed by atoms with van der Waals surface area (Å²) in [6, 6.07) is 8.21. The van der Waals surface area contributed by atoms with E-state index >= 15 is 0 Å². The molecule has 2 N–H and O–H groups in total. The maximum Gasteiger partial charge on any atom is 0.102 e. The van der Waals surface area contributed by atoms with Crippen molar-refractivity contribution in [3.8, 4) is 10.6 Å².